The summed E-state index contributed by atoms with van der Waals surface area (Å²) in [6.07, 6.45) is 3.32. The molecule has 2 amide bonds. The fourth-order valence-corrected chi connectivity index (χ4v) is 3.50. The van der Waals surface area contributed by atoms with E-state index in [-0.39, 0.29) is 12.0 Å². The van der Waals surface area contributed by atoms with E-state index in [0.29, 0.717) is 32.6 Å². The Morgan fingerprint density at radius 1 is 1.18 bits per heavy atom. The first kappa shape index (κ1) is 20.4. The first-order chi connectivity index (χ1) is 13.2. The predicted octanol–water partition coefficient (Wildman–Crippen LogP) is 3.19. The Balaban J connectivity index is 1.52. The van der Waals surface area contributed by atoms with Crippen molar-refractivity contribution in [1.82, 2.24) is 9.80 Å². The van der Waals surface area contributed by atoms with Crippen molar-refractivity contribution in [2.75, 3.05) is 19.6 Å². The van der Waals surface area contributed by atoms with E-state index in [4.69, 9.17) is 4.74 Å². The van der Waals surface area contributed by atoms with Crippen molar-refractivity contribution < 1.29 is 19.4 Å². The van der Waals surface area contributed by atoms with Crippen LogP contribution in [0.1, 0.15) is 51.2 Å². The fraction of sp³-hybridized carbons (Fsp3) is 0.545. The molecule has 1 N–H and O–H groups in total. The van der Waals surface area contributed by atoms with Crippen LogP contribution < -0.4 is 0 Å². The molecule has 3 rings (SSSR count). The van der Waals surface area contributed by atoms with Crippen LogP contribution in [0.3, 0.4) is 0 Å². The van der Waals surface area contributed by atoms with Crippen LogP contribution in [0.2, 0.25) is 0 Å². The lowest BCUT2D eigenvalue weighted by Gasteiger charge is -2.31. The molecule has 6 nitrogen and oxygen atoms in total. The molecule has 1 aromatic carbocycles. The Hall–Kier alpha value is -2.34. The van der Waals surface area contributed by atoms with Gasteiger partial charge in [0.2, 0.25) is 0 Å². The van der Waals surface area contributed by atoms with E-state index in [9.17, 15) is 14.7 Å². The molecule has 0 radical (unpaired) electrons. The maximum atomic E-state index is 12.1. The number of amides is 2. The van der Waals surface area contributed by atoms with Gasteiger partial charge < -0.3 is 19.6 Å². The molecule has 1 aromatic rings. The summed E-state index contributed by atoms with van der Waals surface area (Å²) in [5.41, 5.74) is 3.04. The van der Waals surface area contributed by atoms with E-state index in [1.165, 1.54) is 5.57 Å². The van der Waals surface area contributed by atoms with Crippen LogP contribution in [-0.4, -0.2) is 58.2 Å². The first-order valence-electron chi connectivity index (χ1n) is 9.94. The van der Waals surface area contributed by atoms with Gasteiger partial charge >= 0.3 is 6.09 Å². The summed E-state index contributed by atoms with van der Waals surface area (Å²) in [6, 6.07) is 8.17. The van der Waals surface area contributed by atoms with Crippen molar-refractivity contribution in [2.45, 2.75) is 58.3 Å². The zero-order chi connectivity index (χ0) is 20.3. The van der Waals surface area contributed by atoms with Crippen molar-refractivity contribution in [3.05, 3.63) is 41.0 Å². The van der Waals surface area contributed by atoms with Gasteiger partial charge in [0.15, 0.2) is 0 Å². The number of hydrogen-bond donors (Lipinski definition) is 1. The van der Waals surface area contributed by atoms with Crippen molar-refractivity contribution in [2.24, 2.45) is 0 Å². The van der Waals surface area contributed by atoms with Crippen molar-refractivity contribution in [1.29, 1.82) is 0 Å². The van der Waals surface area contributed by atoms with E-state index >= 15 is 0 Å². The molecule has 2 aliphatic heterocycles. The molecular formula is C22H30N2O4. The smallest absolute Gasteiger partial charge is 0.410 e. The summed E-state index contributed by atoms with van der Waals surface area (Å²) in [6.45, 7) is 8.15. The molecule has 2 fully saturated rings. The normalized spacial score (nSPS) is 20.5. The lowest BCUT2D eigenvalue weighted by molar-refractivity contribution is -0.134. The largest absolute Gasteiger partial charge is 0.444 e. The van der Waals surface area contributed by atoms with Gasteiger partial charge in [-0.2, -0.15) is 0 Å². The van der Waals surface area contributed by atoms with Crippen LogP contribution in [0.5, 0.6) is 0 Å². The highest BCUT2D eigenvalue weighted by Gasteiger charge is 2.29. The zero-order valence-electron chi connectivity index (χ0n) is 17.0. The molecule has 2 heterocycles. The lowest BCUT2D eigenvalue weighted by atomic mass is 10.0. The molecule has 6 heteroatoms. The van der Waals surface area contributed by atoms with E-state index in [1.54, 1.807) is 9.80 Å². The number of benzene rings is 1. The monoisotopic (exact) mass is 386 g/mol. The van der Waals surface area contributed by atoms with Gasteiger partial charge in [-0.1, -0.05) is 35.9 Å². The van der Waals surface area contributed by atoms with Crippen LogP contribution in [0.4, 0.5) is 4.79 Å². The number of aliphatic hydroxyl groups excluding tert-OH is 1. The maximum Gasteiger partial charge on any atom is 0.410 e. The van der Waals surface area contributed by atoms with E-state index in [0.717, 1.165) is 24.0 Å². The van der Waals surface area contributed by atoms with Gasteiger partial charge in [0, 0.05) is 26.2 Å². The Morgan fingerprint density at radius 3 is 2.36 bits per heavy atom. The quantitative estimate of drug-likeness (QED) is 0.866. The van der Waals surface area contributed by atoms with Crippen LogP contribution in [0, 0.1) is 0 Å². The van der Waals surface area contributed by atoms with Crippen molar-refractivity contribution in [3.8, 4) is 0 Å². The average Bonchev–Trinajstić information content (AvgIpc) is 2.94. The maximum absolute atomic E-state index is 12.1. The third-order valence-electron chi connectivity index (χ3n) is 5.05. The highest BCUT2D eigenvalue weighted by Crippen LogP contribution is 2.22. The van der Waals surface area contributed by atoms with Gasteiger partial charge in [-0.15, -0.1) is 0 Å². The number of hydrogen-bond acceptors (Lipinski definition) is 4. The second-order valence-corrected chi connectivity index (χ2v) is 8.58. The molecule has 0 spiro atoms. The number of aliphatic hydroxyl groups is 1. The molecule has 0 saturated carbocycles. The number of carbonyl (C=O) groups excluding carboxylic acids is 2. The predicted molar refractivity (Wildman–Crippen MR) is 108 cm³/mol. The molecular weight excluding hydrogens is 356 g/mol. The summed E-state index contributed by atoms with van der Waals surface area (Å²) in [5.74, 6) is -0.178. The van der Waals surface area contributed by atoms with Gasteiger partial charge in [-0.3, -0.25) is 4.79 Å². The number of carbonyl (C=O) groups is 2. The molecule has 0 aromatic heterocycles. The summed E-state index contributed by atoms with van der Waals surface area (Å²) in [4.78, 5) is 27.4. The molecule has 0 unspecified atom stereocenters. The molecule has 0 aliphatic carbocycles. The van der Waals surface area contributed by atoms with Gasteiger partial charge in [0.05, 0.1) is 0 Å². The van der Waals surface area contributed by atoms with E-state index in [2.05, 4.69) is 18.2 Å². The topological polar surface area (TPSA) is 70.1 Å². The summed E-state index contributed by atoms with van der Waals surface area (Å²) in [7, 11) is 0. The van der Waals surface area contributed by atoms with E-state index in [1.807, 2.05) is 32.9 Å². The Kier molecular flexibility index (Phi) is 6.08. The summed E-state index contributed by atoms with van der Waals surface area (Å²) < 4.78 is 5.44. The second kappa shape index (κ2) is 8.35. The van der Waals surface area contributed by atoms with Gasteiger partial charge in [-0.25, -0.2) is 4.79 Å². The molecule has 1 atom stereocenters. The Morgan fingerprint density at radius 2 is 1.82 bits per heavy atom. The summed E-state index contributed by atoms with van der Waals surface area (Å²) in [5, 5.41) is 9.55. The highest BCUT2D eigenvalue weighted by atomic mass is 16.6. The standard InChI is InChI=1S/C22H30N2O4/c1-22(2,3)28-21(27)23-11-8-17(9-12-23)14-16-4-6-18(7-5-16)15-24-13-10-19(25)20(24)26/h4-7,14,19,25H,8-13,15H2,1-3H3/t19-/m0/s1. The molecule has 2 saturated heterocycles. The lowest BCUT2D eigenvalue weighted by Crippen LogP contribution is -2.40. The number of rotatable bonds is 3. The van der Waals surface area contributed by atoms with Crippen molar-refractivity contribution in [3.63, 3.8) is 0 Å². The fourth-order valence-electron chi connectivity index (χ4n) is 3.50. The minimum Gasteiger partial charge on any atom is -0.444 e. The minimum absolute atomic E-state index is 0.178. The highest BCUT2D eigenvalue weighted by molar-refractivity contribution is 5.82. The molecule has 152 valence electrons. The Bertz CT molecular complexity index is 739. The molecule has 2 aliphatic rings. The number of ether oxygens (including phenoxy) is 1. The van der Waals surface area contributed by atoms with Gasteiger partial charge in [0.25, 0.3) is 5.91 Å². The second-order valence-electron chi connectivity index (χ2n) is 8.58. The van der Waals surface area contributed by atoms with Crippen LogP contribution in [0.15, 0.2) is 29.8 Å². The number of likely N-dealkylation sites (tertiary alicyclic amines) is 2. The SMILES string of the molecule is CC(C)(C)OC(=O)N1CCC(=Cc2ccc(CN3CC[C@H](O)C3=O)cc2)CC1. The minimum atomic E-state index is -0.837. The van der Waals surface area contributed by atoms with Gasteiger partial charge in [0.1, 0.15) is 11.7 Å². The number of nitrogens with zero attached hydrogens (tertiary/aromatic N) is 2. The van der Waals surface area contributed by atoms with Gasteiger partial charge in [-0.05, 0) is 51.2 Å². The third kappa shape index (κ3) is 5.35. The molecule has 0 bridgehead atoms. The zero-order valence-corrected chi connectivity index (χ0v) is 17.0. The number of piperidine rings is 1. The van der Waals surface area contributed by atoms with Crippen molar-refractivity contribution >= 4 is 18.1 Å². The third-order valence-corrected chi connectivity index (χ3v) is 5.05. The van der Waals surface area contributed by atoms with Crippen LogP contribution >= 0.6 is 0 Å². The van der Waals surface area contributed by atoms with Crippen LogP contribution in [0.25, 0.3) is 6.08 Å². The first-order valence-corrected chi connectivity index (χ1v) is 9.94. The van der Waals surface area contributed by atoms with E-state index < -0.39 is 11.7 Å². The summed E-state index contributed by atoms with van der Waals surface area (Å²) >= 11 is 0. The Labute approximate surface area is 166 Å². The molecule has 28 heavy (non-hydrogen) atoms. The average molecular weight is 386 g/mol. The van der Waals surface area contributed by atoms with Crippen LogP contribution in [-0.2, 0) is 16.1 Å².